The van der Waals surface area contributed by atoms with Crippen LogP contribution in [0.1, 0.15) is 85.0 Å². The maximum atomic E-state index is 3.82. The van der Waals surface area contributed by atoms with E-state index >= 15 is 0 Å². The number of hydrogen-bond acceptors (Lipinski definition) is 1. The van der Waals surface area contributed by atoms with Gasteiger partial charge in [-0.2, -0.15) is 0 Å². The van der Waals surface area contributed by atoms with Gasteiger partial charge in [0.25, 0.3) is 0 Å². The summed E-state index contributed by atoms with van der Waals surface area (Å²) in [6, 6.07) is 0.816. The zero-order valence-electron chi connectivity index (χ0n) is 13.0. The molecular formula is C17H35N. The molecule has 0 aliphatic heterocycles. The monoisotopic (exact) mass is 253 g/mol. The summed E-state index contributed by atoms with van der Waals surface area (Å²) in [5.41, 5.74) is 0. The Hall–Kier alpha value is -0.0400. The minimum Gasteiger partial charge on any atom is -0.314 e. The molecule has 0 spiro atoms. The molecule has 18 heavy (non-hydrogen) atoms. The van der Waals surface area contributed by atoms with E-state index in [2.05, 4.69) is 26.1 Å². The highest BCUT2D eigenvalue weighted by Crippen LogP contribution is 2.34. The van der Waals surface area contributed by atoms with Crippen molar-refractivity contribution < 1.29 is 0 Å². The van der Waals surface area contributed by atoms with Gasteiger partial charge in [0.05, 0.1) is 0 Å². The molecule has 0 aromatic heterocycles. The molecule has 0 aromatic rings. The van der Waals surface area contributed by atoms with Crippen molar-refractivity contribution in [1.82, 2.24) is 5.32 Å². The van der Waals surface area contributed by atoms with Crippen LogP contribution in [0.4, 0.5) is 0 Å². The van der Waals surface area contributed by atoms with Gasteiger partial charge >= 0.3 is 0 Å². The Morgan fingerprint density at radius 2 is 1.78 bits per heavy atom. The van der Waals surface area contributed by atoms with Gasteiger partial charge in [-0.15, -0.1) is 0 Å². The number of unbranched alkanes of at least 4 members (excludes halogenated alkanes) is 4. The molecular weight excluding hydrogens is 218 g/mol. The van der Waals surface area contributed by atoms with Crippen molar-refractivity contribution in [2.45, 2.75) is 91.0 Å². The highest BCUT2D eigenvalue weighted by atomic mass is 14.9. The fourth-order valence-corrected chi connectivity index (χ4v) is 3.42. The van der Waals surface area contributed by atoms with Crippen LogP contribution < -0.4 is 5.32 Å². The van der Waals surface area contributed by atoms with Crippen LogP contribution in [-0.4, -0.2) is 12.6 Å². The van der Waals surface area contributed by atoms with Crippen LogP contribution in [0.15, 0.2) is 0 Å². The number of nitrogens with one attached hydrogen (secondary N) is 1. The largest absolute Gasteiger partial charge is 0.314 e. The maximum absolute atomic E-state index is 3.82. The van der Waals surface area contributed by atoms with Gasteiger partial charge in [0, 0.05) is 6.04 Å². The second-order valence-corrected chi connectivity index (χ2v) is 6.44. The number of rotatable bonds is 10. The maximum Gasteiger partial charge on any atom is 0.00954 e. The molecule has 3 unspecified atom stereocenters. The Balaban J connectivity index is 2.22. The van der Waals surface area contributed by atoms with Gasteiger partial charge in [0.15, 0.2) is 0 Å². The lowest BCUT2D eigenvalue weighted by Crippen LogP contribution is -2.35. The molecule has 0 radical (unpaired) electrons. The third-order valence-corrected chi connectivity index (χ3v) is 4.58. The lowest BCUT2D eigenvalue weighted by atomic mass is 9.92. The third-order valence-electron chi connectivity index (χ3n) is 4.58. The minimum atomic E-state index is 0.816. The predicted octanol–water partition coefficient (Wildman–Crippen LogP) is 5.15. The quantitative estimate of drug-likeness (QED) is 0.531. The Morgan fingerprint density at radius 1 is 1.00 bits per heavy atom. The van der Waals surface area contributed by atoms with Gasteiger partial charge in [-0.3, -0.25) is 0 Å². The van der Waals surface area contributed by atoms with E-state index in [1.54, 1.807) is 0 Å². The standard InChI is InChI=1S/C17H35N/c1-4-6-7-8-9-10-17(18-13-5-2)16-12-11-15(3)14-16/h15-18H,4-14H2,1-3H3. The van der Waals surface area contributed by atoms with Gasteiger partial charge in [0.2, 0.25) is 0 Å². The van der Waals surface area contributed by atoms with E-state index in [1.165, 1.54) is 70.8 Å². The average molecular weight is 253 g/mol. The van der Waals surface area contributed by atoms with Crippen molar-refractivity contribution in [2.24, 2.45) is 11.8 Å². The molecule has 1 nitrogen and oxygen atoms in total. The topological polar surface area (TPSA) is 12.0 Å². The fourth-order valence-electron chi connectivity index (χ4n) is 3.42. The fraction of sp³-hybridized carbons (Fsp3) is 1.00. The van der Waals surface area contributed by atoms with Crippen LogP contribution >= 0.6 is 0 Å². The van der Waals surface area contributed by atoms with E-state index in [9.17, 15) is 0 Å². The smallest absolute Gasteiger partial charge is 0.00954 e. The molecule has 0 heterocycles. The molecule has 1 aliphatic rings. The van der Waals surface area contributed by atoms with Crippen molar-refractivity contribution in [3.63, 3.8) is 0 Å². The molecule has 1 rings (SSSR count). The Kier molecular flexibility index (Phi) is 8.75. The van der Waals surface area contributed by atoms with Crippen LogP contribution in [0, 0.1) is 11.8 Å². The zero-order valence-corrected chi connectivity index (χ0v) is 13.0. The summed E-state index contributed by atoms with van der Waals surface area (Å²) in [5, 5.41) is 3.82. The van der Waals surface area contributed by atoms with Gasteiger partial charge in [-0.25, -0.2) is 0 Å². The third kappa shape index (κ3) is 6.22. The van der Waals surface area contributed by atoms with Crippen LogP contribution in [0.25, 0.3) is 0 Å². The van der Waals surface area contributed by atoms with Crippen molar-refractivity contribution in [2.75, 3.05) is 6.54 Å². The Labute approximate surface area is 115 Å². The summed E-state index contributed by atoms with van der Waals surface area (Å²) in [6.07, 6.45) is 14.2. The predicted molar refractivity (Wildman–Crippen MR) is 82.0 cm³/mol. The van der Waals surface area contributed by atoms with E-state index < -0.39 is 0 Å². The molecule has 0 aromatic carbocycles. The van der Waals surface area contributed by atoms with E-state index in [4.69, 9.17) is 0 Å². The summed E-state index contributed by atoms with van der Waals surface area (Å²) in [6.45, 7) is 8.22. The highest BCUT2D eigenvalue weighted by molar-refractivity contribution is 4.83. The molecule has 0 bridgehead atoms. The van der Waals surface area contributed by atoms with Crippen LogP contribution in [-0.2, 0) is 0 Å². The molecule has 3 atom stereocenters. The lowest BCUT2D eigenvalue weighted by molar-refractivity contribution is 0.324. The van der Waals surface area contributed by atoms with Crippen molar-refractivity contribution in [3.05, 3.63) is 0 Å². The lowest BCUT2D eigenvalue weighted by Gasteiger charge is -2.25. The first-order chi connectivity index (χ1) is 8.77. The second-order valence-electron chi connectivity index (χ2n) is 6.44. The van der Waals surface area contributed by atoms with E-state index in [0.29, 0.717) is 0 Å². The summed E-state index contributed by atoms with van der Waals surface area (Å²) in [7, 11) is 0. The van der Waals surface area contributed by atoms with Crippen LogP contribution in [0.5, 0.6) is 0 Å². The molecule has 1 aliphatic carbocycles. The van der Waals surface area contributed by atoms with E-state index in [-0.39, 0.29) is 0 Å². The molecule has 108 valence electrons. The first-order valence-corrected chi connectivity index (χ1v) is 8.51. The molecule has 1 saturated carbocycles. The van der Waals surface area contributed by atoms with Gasteiger partial charge in [-0.05, 0) is 44.1 Å². The van der Waals surface area contributed by atoms with Crippen LogP contribution in [0.2, 0.25) is 0 Å². The molecule has 0 amide bonds. The van der Waals surface area contributed by atoms with Crippen molar-refractivity contribution >= 4 is 0 Å². The van der Waals surface area contributed by atoms with Crippen molar-refractivity contribution in [3.8, 4) is 0 Å². The molecule has 1 fully saturated rings. The SMILES string of the molecule is CCCCCCCC(NCCC)C1CCC(C)C1. The zero-order chi connectivity index (χ0) is 13.2. The Morgan fingerprint density at radius 3 is 2.39 bits per heavy atom. The highest BCUT2D eigenvalue weighted by Gasteiger charge is 2.27. The molecule has 1 N–H and O–H groups in total. The average Bonchev–Trinajstić information content (AvgIpc) is 2.79. The molecule has 0 saturated heterocycles. The second kappa shape index (κ2) is 9.83. The van der Waals surface area contributed by atoms with Crippen LogP contribution in [0.3, 0.4) is 0 Å². The van der Waals surface area contributed by atoms with E-state index in [0.717, 1.165) is 17.9 Å². The normalized spacial score (nSPS) is 25.5. The molecule has 1 heteroatoms. The first-order valence-electron chi connectivity index (χ1n) is 8.51. The van der Waals surface area contributed by atoms with Gasteiger partial charge in [-0.1, -0.05) is 59.3 Å². The minimum absolute atomic E-state index is 0.816. The summed E-state index contributed by atoms with van der Waals surface area (Å²) in [5.74, 6) is 1.94. The summed E-state index contributed by atoms with van der Waals surface area (Å²) >= 11 is 0. The van der Waals surface area contributed by atoms with Gasteiger partial charge < -0.3 is 5.32 Å². The summed E-state index contributed by atoms with van der Waals surface area (Å²) in [4.78, 5) is 0. The number of hydrogen-bond donors (Lipinski definition) is 1. The first kappa shape index (κ1) is 16.0. The van der Waals surface area contributed by atoms with E-state index in [1.807, 2.05) is 0 Å². The van der Waals surface area contributed by atoms with Crippen molar-refractivity contribution in [1.29, 1.82) is 0 Å². The van der Waals surface area contributed by atoms with Gasteiger partial charge in [0.1, 0.15) is 0 Å². The summed E-state index contributed by atoms with van der Waals surface area (Å²) < 4.78 is 0. The Bertz CT molecular complexity index is 190.